The highest BCUT2D eigenvalue weighted by molar-refractivity contribution is 5.81. The first-order valence-electron chi connectivity index (χ1n) is 5.61. The van der Waals surface area contributed by atoms with Gasteiger partial charge in [-0.2, -0.15) is 0 Å². The molecule has 0 aliphatic carbocycles. The molecule has 5 heteroatoms. The molecule has 1 amide bonds. The fourth-order valence-corrected chi connectivity index (χ4v) is 2.40. The third-order valence-corrected chi connectivity index (χ3v) is 3.16. The smallest absolute Gasteiger partial charge is 0.329 e. The van der Waals surface area contributed by atoms with Crippen LogP contribution in [-0.4, -0.2) is 52.5 Å². The molecule has 2 rings (SSSR count). The summed E-state index contributed by atoms with van der Waals surface area (Å²) in [5.74, 6) is -0.857. The molecular weight excluding hydrogens is 208 g/mol. The molecule has 1 atom stereocenters. The zero-order valence-electron chi connectivity index (χ0n) is 9.13. The lowest BCUT2D eigenvalue weighted by molar-refractivity contribution is -0.140. The van der Waals surface area contributed by atoms with Gasteiger partial charge in [0.25, 0.3) is 0 Å². The van der Waals surface area contributed by atoms with Gasteiger partial charge in [-0.3, -0.25) is 4.79 Å². The van der Waals surface area contributed by atoms with Crippen LogP contribution in [0.3, 0.4) is 0 Å². The first kappa shape index (κ1) is 11.0. The van der Waals surface area contributed by atoms with Gasteiger partial charge >= 0.3 is 5.97 Å². The summed E-state index contributed by atoms with van der Waals surface area (Å²) in [5, 5.41) is 8.53. The summed E-state index contributed by atoms with van der Waals surface area (Å²) in [6, 6.07) is 0.272. The number of carboxylic acids is 1. The average Bonchev–Trinajstić information content (AvgIpc) is 2.26. The van der Waals surface area contributed by atoms with Crippen molar-refractivity contribution >= 4 is 11.9 Å². The Hall–Kier alpha value is -1.52. The lowest BCUT2D eigenvalue weighted by Crippen LogP contribution is -2.56. The van der Waals surface area contributed by atoms with Gasteiger partial charge < -0.3 is 14.9 Å². The highest BCUT2D eigenvalue weighted by Crippen LogP contribution is 2.21. The SMILES string of the molecule is O=C(O)/C=C/N1CC(=O)N2CCCCC2C1. The second-order valence-corrected chi connectivity index (χ2v) is 4.32. The second-order valence-electron chi connectivity index (χ2n) is 4.32. The standard InChI is InChI=1S/C11H16N2O3/c14-10-8-12(6-4-11(15)16)7-9-3-1-2-5-13(9)10/h4,6,9H,1-3,5,7-8H2,(H,15,16)/b6-4+. The first-order chi connectivity index (χ1) is 7.66. The van der Waals surface area contributed by atoms with E-state index in [2.05, 4.69) is 0 Å². The summed E-state index contributed by atoms with van der Waals surface area (Å²) in [7, 11) is 0. The van der Waals surface area contributed by atoms with Crippen molar-refractivity contribution in [3.8, 4) is 0 Å². The molecule has 88 valence electrons. The van der Waals surface area contributed by atoms with Crippen LogP contribution in [0.2, 0.25) is 0 Å². The van der Waals surface area contributed by atoms with Crippen molar-refractivity contribution in [3.05, 3.63) is 12.3 Å². The molecule has 2 saturated heterocycles. The van der Waals surface area contributed by atoms with Gasteiger partial charge in [-0.25, -0.2) is 4.79 Å². The van der Waals surface area contributed by atoms with Gasteiger partial charge in [0.05, 0.1) is 6.54 Å². The first-order valence-corrected chi connectivity index (χ1v) is 5.61. The number of piperazine rings is 1. The van der Waals surface area contributed by atoms with E-state index in [0.29, 0.717) is 6.54 Å². The zero-order chi connectivity index (χ0) is 11.5. The monoisotopic (exact) mass is 224 g/mol. The van der Waals surface area contributed by atoms with Gasteiger partial charge in [0.15, 0.2) is 0 Å². The number of fused-ring (bicyclic) bond motifs is 1. The van der Waals surface area contributed by atoms with Gasteiger partial charge in [0, 0.05) is 31.4 Å². The minimum absolute atomic E-state index is 0.117. The topological polar surface area (TPSA) is 60.9 Å². The van der Waals surface area contributed by atoms with Crippen LogP contribution in [0.5, 0.6) is 0 Å². The van der Waals surface area contributed by atoms with E-state index in [1.807, 2.05) is 4.90 Å². The van der Waals surface area contributed by atoms with E-state index in [9.17, 15) is 9.59 Å². The molecular formula is C11H16N2O3. The third kappa shape index (κ3) is 2.35. The predicted octanol–water partition coefficient (Wildman–Crippen LogP) is 0.281. The van der Waals surface area contributed by atoms with Gasteiger partial charge in [-0.05, 0) is 19.3 Å². The van der Waals surface area contributed by atoms with E-state index in [4.69, 9.17) is 5.11 Å². The normalized spacial score (nSPS) is 26.0. The van der Waals surface area contributed by atoms with Crippen LogP contribution in [0.4, 0.5) is 0 Å². The van der Waals surface area contributed by atoms with Crippen molar-refractivity contribution < 1.29 is 14.7 Å². The summed E-state index contributed by atoms with van der Waals surface area (Å²) >= 11 is 0. The maximum Gasteiger partial charge on any atom is 0.329 e. The molecule has 1 unspecified atom stereocenters. The number of amides is 1. The number of rotatable bonds is 2. The van der Waals surface area contributed by atoms with Gasteiger partial charge in [0.2, 0.25) is 5.91 Å². The molecule has 2 heterocycles. The summed E-state index contributed by atoms with van der Waals surface area (Å²) in [4.78, 5) is 25.9. The maximum absolute atomic E-state index is 11.8. The molecule has 16 heavy (non-hydrogen) atoms. The Morgan fingerprint density at radius 2 is 2.25 bits per heavy atom. The molecule has 0 aromatic rings. The van der Waals surface area contributed by atoms with Crippen LogP contribution >= 0.6 is 0 Å². The summed E-state index contributed by atoms with van der Waals surface area (Å²) in [6.45, 7) is 1.93. The van der Waals surface area contributed by atoms with Crippen molar-refractivity contribution in [2.45, 2.75) is 25.3 Å². The van der Waals surface area contributed by atoms with E-state index in [0.717, 1.165) is 38.4 Å². The van der Waals surface area contributed by atoms with Crippen LogP contribution in [0.25, 0.3) is 0 Å². The van der Waals surface area contributed by atoms with E-state index in [1.54, 1.807) is 4.90 Å². The quantitative estimate of drug-likeness (QED) is 0.684. The Balaban J connectivity index is 2.00. The Bertz CT molecular complexity index is 327. The van der Waals surface area contributed by atoms with Crippen LogP contribution in [0.1, 0.15) is 19.3 Å². The van der Waals surface area contributed by atoms with E-state index >= 15 is 0 Å². The molecule has 2 aliphatic heterocycles. The summed E-state index contributed by atoms with van der Waals surface area (Å²) in [5.41, 5.74) is 0. The second kappa shape index (κ2) is 4.55. The van der Waals surface area contributed by atoms with Crippen molar-refractivity contribution in [3.63, 3.8) is 0 Å². The van der Waals surface area contributed by atoms with Crippen molar-refractivity contribution in [1.29, 1.82) is 0 Å². The number of carboxylic acid groups (broad SMARTS) is 1. The molecule has 0 bridgehead atoms. The van der Waals surface area contributed by atoms with Crippen molar-refractivity contribution in [2.75, 3.05) is 19.6 Å². The average molecular weight is 224 g/mol. The van der Waals surface area contributed by atoms with Crippen molar-refractivity contribution in [1.82, 2.24) is 9.80 Å². The largest absolute Gasteiger partial charge is 0.478 e. The number of aliphatic carboxylic acids is 1. The van der Waals surface area contributed by atoms with E-state index in [-0.39, 0.29) is 11.9 Å². The van der Waals surface area contributed by atoms with Gasteiger partial charge in [0.1, 0.15) is 0 Å². The predicted molar refractivity (Wildman–Crippen MR) is 57.7 cm³/mol. The minimum Gasteiger partial charge on any atom is -0.478 e. The van der Waals surface area contributed by atoms with Gasteiger partial charge in [-0.15, -0.1) is 0 Å². The zero-order valence-corrected chi connectivity index (χ0v) is 9.13. The Kier molecular flexibility index (Phi) is 3.12. The number of carbonyl (C=O) groups is 2. The van der Waals surface area contributed by atoms with Gasteiger partial charge in [-0.1, -0.05) is 0 Å². The van der Waals surface area contributed by atoms with Crippen LogP contribution in [-0.2, 0) is 9.59 Å². The number of nitrogens with zero attached hydrogens (tertiary/aromatic N) is 2. The summed E-state index contributed by atoms with van der Waals surface area (Å²) in [6.07, 6.45) is 5.87. The van der Waals surface area contributed by atoms with E-state index < -0.39 is 5.97 Å². The molecule has 0 saturated carbocycles. The fourth-order valence-electron chi connectivity index (χ4n) is 2.40. The molecule has 0 spiro atoms. The molecule has 5 nitrogen and oxygen atoms in total. The Morgan fingerprint density at radius 3 is 3.00 bits per heavy atom. The highest BCUT2D eigenvalue weighted by Gasteiger charge is 2.32. The fraction of sp³-hybridized carbons (Fsp3) is 0.636. The number of hydrogen-bond donors (Lipinski definition) is 1. The molecule has 0 radical (unpaired) electrons. The minimum atomic E-state index is -0.974. The number of hydrogen-bond acceptors (Lipinski definition) is 3. The molecule has 2 fully saturated rings. The Morgan fingerprint density at radius 1 is 1.44 bits per heavy atom. The Labute approximate surface area is 94.3 Å². The lowest BCUT2D eigenvalue weighted by atomic mass is 9.99. The van der Waals surface area contributed by atoms with E-state index in [1.165, 1.54) is 6.20 Å². The van der Waals surface area contributed by atoms with Crippen molar-refractivity contribution in [2.24, 2.45) is 0 Å². The maximum atomic E-state index is 11.8. The van der Waals surface area contributed by atoms with Crippen LogP contribution in [0.15, 0.2) is 12.3 Å². The highest BCUT2D eigenvalue weighted by atomic mass is 16.4. The lowest BCUT2D eigenvalue weighted by Gasteiger charge is -2.43. The summed E-state index contributed by atoms with van der Waals surface area (Å²) < 4.78 is 0. The molecule has 0 aromatic carbocycles. The van der Waals surface area contributed by atoms with Crippen LogP contribution < -0.4 is 0 Å². The number of carbonyl (C=O) groups excluding carboxylic acids is 1. The van der Waals surface area contributed by atoms with Crippen LogP contribution in [0, 0.1) is 0 Å². The third-order valence-electron chi connectivity index (χ3n) is 3.16. The number of piperidine rings is 1. The molecule has 1 N–H and O–H groups in total. The molecule has 0 aromatic heterocycles. The molecule has 2 aliphatic rings.